The van der Waals surface area contributed by atoms with Gasteiger partial charge in [-0.2, -0.15) is 15.7 Å². The third-order valence-electron chi connectivity index (χ3n) is 3.70. The molecule has 0 aliphatic heterocycles. The molecule has 2 N–H and O–H groups in total. The minimum Gasteiger partial charge on any atom is -0.343 e. The fourth-order valence-electron chi connectivity index (χ4n) is 2.30. The number of halogens is 1. The van der Waals surface area contributed by atoms with Crippen molar-refractivity contribution in [1.29, 1.82) is 0 Å². The second-order valence-corrected chi connectivity index (χ2v) is 7.62. The molecule has 0 aliphatic rings. The Hall–Kier alpha value is -3.44. The molecule has 148 valence electrons. The van der Waals surface area contributed by atoms with Crippen LogP contribution in [0.25, 0.3) is 0 Å². The maximum atomic E-state index is 13.3. The van der Waals surface area contributed by atoms with E-state index in [4.69, 9.17) is 0 Å². The molecule has 0 spiro atoms. The van der Waals surface area contributed by atoms with Gasteiger partial charge < -0.3 is 10.6 Å². The molecule has 29 heavy (non-hydrogen) atoms. The van der Waals surface area contributed by atoms with Crippen molar-refractivity contribution in [2.24, 2.45) is 0 Å². The zero-order valence-electron chi connectivity index (χ0n) is 14.5. The predicted octanol–water partition coefficient (Wildman–Crippen LogP) is 3.34. The lowest BCUT2D eigenvalue weighted by Gasteiger charge is -2.06. The molecule has 0 bridgehead atoms. The Bertz CT molecular complexity index is 1090. The van der Waals surface area contributed by atoms with E-state index in [2.05, 4.69) is 10.6 Å². The average molecular weight is 433 g/mol. The van der Waals surface area contributed by atoms with Gasteiger partial charge in [0.05, 0.1) is 16.3 Å². The normalized spacial score (nSPS) is 10.4. The van der Waals surface area contributed by atoms with E-state index in [0.29, 0.717) is 15.3 Å². The number of ketones is 1. The Labute approximate surface area is 171 Å². The van der Waals surface area contributed by atoms with Gasteiger partial charge in [0.25, 0.3) is 0 Å². The number of benzene rings is 1. The Morgan fingerprint density at radius 3 is 2.59 bits per heavy atom. The summed E-state index contributed by atoms with van der Waals surface area (Å²) in [6.45, 7) is 0.0252. The van der Waals surface area contributed by atoms with E-state index in [1.54, 1.807) is 29.0 Å². The summed E-state index contributed by atoms with van der Waals surface area (Å²) in [7, 11) is 0. The van der Waals surface area contributed by atoms with Crippen LogP contribution in [0.4, 0.5) is 15.8 Å². The van der Waals surface area contributed by atoms with Gasteiger partial charge in [-0.05, 0) is 35.7 Å². The molecule has 1 aromatic carbocycles. The molecule has 0 unspecified atom stereocenters. The topological polar surface area (TPSA) is 118 Å². The first-order valence-electron chi connectivity index (χ1n) is 8.04. The van der Waals surface area contributed by atoms with Gasteiger partial charge in [-0.1, -0.05) is 0 Å². The number of amides is 2. The number of hydrogen-bond acceptors (Lipinski definition) is 7. The zero-order valence-corrected chi connectivity index (χ0v) is 16.1. The predicted molar refractivity (Wildman–Crippen MR) is 106 cm³/mol. The van der Waals surface area contributed by atoms with E-state index >= 15 is 0 Å². The summed E-state index contributed by atoms with van der Waals surface area (Å²) < 4.78 is 13.3. The van der Waals surface area contributed by atoms with Crippen LogP contribution >= 0.6 is 22.7 Å². The van der Waals surface area contributed by atoms with Crippen molar-refractivity contribution in [2.45, 2.75) is 6.54 Å². The van der Waals surface area contributed by atoms with E-state index in [0.717, 1.165) is 18.2 Å². The number of nitrogens with zero attached hydrogens (tertiary/aromatic N) is 1. The highest BCUT2D eigenvalue weighted by atomic mass is 32.1. The molecule has 3 aromatic rings. The van der Waals surface area contributed by atoms with Crippen molar-refractivity contribution in [3.05, 3.63) is 78.4 Å². The maximum absolute atomic E-state index is 13.3. The summed E-state index contributed by atoms with van der Waals surface area (Å²) in [5, 5.41) is 18.8. The van der Waals surface area contributed by atoms with Crippen LogP contribution in [-0.2, 0) is 16.1 Å². The van der Waals surface area contributed by atoms with Crippen molar-refractivity contribution in [3.8, 4) is 0 Å². The molecule has 11 heteroatoms. The third-order valence-corrected chi connectivity index (χ3v) is 5.47. The molecule has 0 saturated carbocycles. The average Bonchev–Trinajstić information content (AvgIpc) is 3.39. The van der Waals surface area contributed by atoms with E-state index in [1.165, 1.54) is 22.7 Å². The minimum atomic E-state index is -1.06. The SMILES string of the molecule is O=C(NCc1ccc(C(=O)c2ccsc2)s1)C(=O)Nc1ccc(F)c([N+](=O)[O-])c1. The van der Waals surface area contributed by atoms with Gasteiger partial charge >= 0.3 is 17.5 Å². The van der Waals surface area contributed by atoms with Gasteiger partial charge in [0.2, 0.25) is 11.6 Å². The fourth-order valence-corrected chi connectivity index (χ4v) is 3.84. The number of anilines is 1. The van der Waals surface area contributed by atoms with E-state index in [-0.39, 0.29) is 18.0 Å². The number of nitrogens with one attached hydrogen (secondary N) is 2. The highest BCUT2D eigenvalue weighted by molar-refractivity contribution is 7.14. The molecular formula is C18H12FN3O5S2. The highest BCUT2D eigenvalue weighted by Crippen LogP contribution is 2.22. The molecule has 2 amide bonds. The van der Waals surface area contributed by atoms with Crippen molar-refractivity contribution in [1.82, 2.24) is 5.32 Å². The summed E-state index contributed by atoms with van der Waals surface area (Å²) in [5.41, 5.74) is -0.317. The molecule has 0 saturated heterocycles. The fraction of sp³-hybridized carbons (Fsp3) is 0.0556. The molecular weight excluding hydrogens is 421 g/mol. The molecule has 0 atom stereocenters. The first kappa shape index (κ1) is 20.3. The highest BCUT2D eigenvalue weighted by Gasteiger charge is 2.19. The molecule has 0 aliphatic carbocycles. The van der Waals surface area contributed by atoms with Crippen LogP contribution in [0.5, 0.6) is 0 Å². The van der Waals surface area contributed by atoms with Gasteiger partial charge in [0.1, 0.15) is 0 Å². The van der Waals surface area contributed by atoms with Crippen molar-refractivity contribution >= 4 is 51.6 Å². The zero-order chi connectivity index (χ0) is 21.0. The van der Waals surface area contributed by atoms with E-state index in [9.17, 15) is 28.9 Å². The minimum absolute atomic E-state index is 0.0252. The smallest absolute Gasteiger partial charge is 0.313 e. The lowest BCUT2D eigenvalue weighted by molar-refractivity contribution is -0.387. The van der Waals surface area contributed by atoms with E-state index < -0.39 is 28.2 Å². The summed E-state index contributed by atoms with van der Waals surface area (Å²) >= 11 is 2.61. The molecule has 8 nitrogen and oxygen atoms in total. The second kappa shape index (κ2) is 8.71. The van der Waals surface area contributed by atoms with Crippen molar-refractivity contribution in [2.75, 3.05) is 5.32 Å². The number of nitro groups is 1. The van der Waals surface area contributed by atoms with Crippen LogP contribution < -0.4 is 10.6 Å². The van der Waals surface area contributed by atoms with Crippen LogP contribution in [0.15, 0.2) is 47.2 Å². The van der Waals surface area contributed by atoms with Crippen LogP contribution in [0, 0.1) is 15.9 Å². The number of hydrogen-bond donors (Lipinski definition) is 2. The standard InChI is InChI=1S/C18H12FN3O5S2/c19-13-3-1-11(7-14(13)22(26)27)21-18(25)17(24)20-8-12-2-4-15(29-12)16(23)10-5-6-28-9-10/h1-7,9H,8H2,(H,20,24)(H,21,25). The van der Waals surface area contributed by atoms with Crippen LogP contribution in [0.2, 0.25) is 0 Å². The Morgan fingerprint density at radius 1 is 1.10 bits per heavy atom. The first-order valence-corrected chi connectivity index (χ1v) is 9.80. The number of nitro benzene ring substituents is 1. The third kappa shape index (κ3) is 4.89. The van der Waals surface area contributed by atoms with Gasteiger partial charge in [-0.3, -0.25) is 24.5 Å². The largest absolute Gasteiger partial charge is 0.343 e. The van der Waals surface area contributed by atoms with Gasteiger partial charge in [-0.15, -0.1) is 11.3 Å². The number of thiophene rings is 2. The van der Waals surface area contributed by atoms with Crippen LogP contribution in [0.1, 0.15) is 20.1 Å². The Kier molecular flexibility index (Phi) is 6.10. The summed E-state index contributed by atoms with van der Waals surface area (Å²) in [6, 6.07) is 7.79. The molecule has 3 rings (SSSR count). The number of rotatable bonds is 6. The lowest BCUT2D eigenvalue weighted by atomic mass is 10.2. The second-order valence-electron chi connectivity index (χ2n) is 5.67. The monoisotopic (exact) mass is 433 g/mol. The summed E-state index contributed by atoms with van der Waals surface area (Å²) in [5.74, 6) is -3.21. The Balaban J connectivity index is 1.57. The molecule has 2 aromatic heterocycles. The van der Waals surface area contributed by atoms with Crippen molar-refractivity contribution < 1.29 is 23.7 Å². The maximum Gasteiger partial charge on any atom is 0.313 e. The molecule has 2 heterocycles. The van der Waals surface area contributed by atoms with Crippen molar-refractivity contribution in [3.63, 3.8) is 0 Å². The first-order chi connectivity index (χ1) is 13.8. The summed E-state index contributed by atoms with van der Waals surface area (Å²) in [4.78, 5) is 47.1. The van der Waals surface area contributed by atoms with Gasteiger partial charge in [0, 0.05) is 27.6 Å². The van der Waals surface area contributed by atoms with Gasteiger partial charge in [-0.25, -0.2) is 0 Å². The van der Waals surface area contributed by atoms with E-state index in [1.807, 2.05) is 0 Å². The summed E-state index contributed by atoms with van der Waals surface area (Å²) in [6.07, 6.45) is 0. The lowest BCUT2D eigenvalue weighted by Crippen LogP contribution is -2.34. The van der Waals surface area contributed by atoms with Gasteiger partial charge in [0.15, 0.2) is 0 Å². The van der Waals surface area contributed by atoms with Crippen LogP contribution in [-0.4, -0.2) is 22.5 Å². The quantitative estimate of drug-likeness (QED) is 0.267. The number of carbonyl (C=O) groups is 3. The van der Waals surface area contributed by atoms with Crippen LogP contribution in [0.3, 0.4) is 0 Å². The molecule has 0 radical (unpaired) electrons. The number of carbonyl (C=O) groups excluding carboxylic acids is 3. The Morgan fingerprint density at radius 2 is 1.90 bits per heavy atom. The molecule has 0 fully saturated rings.